The van der Waals surface area contributed by atoms with E-state index < -0.39 is 0 Å². The van der Waals surface area contributed by atoms with Crippen molar-refractivity contribution in [2.75, 3.05) is 0 Å². The fourth-order valence-electron chi connectivity index (χ4n) is 1.98. The van der Waals surface area contributed by atoms with Crippen LogP contribution in [0, 0.1) is 0 Å². The number of benzene rings is 2. The zero-order chi connectivity index (χ0) is 13.8. The lowest BCUT2D eigenvalue weighted by atomic mass is 10.1. The zero-order valence-corrected chi connectivity index (χ0v) is 10.8. The highest BCUT2D eigenvalue weighted by atomic mass is 16.1. The summed E-state index contributed by atoms with van der Waals surface area (Å²) < 4.78 is 0. The molecule has 4 heteroatoms. The van der Waals surface area contributed by atoms with Crippen LogP contribution in [0.15, 0.2) is 60.8 Å². The highest BCUT2D eigenvalue weighted by Crippen LogP contribution is 2.16. The molecular formula is C16H13N3O. The van der Waals surface area contributed by atoms with E-state index in [1.54, 1.807) is 23.1 Å². The molecule has 0 N–H and O–H groups in total. The molecule has 0 aliphatic rings. The van der Waals surface area contributed by atoms with Crippen molar-refractivity contribution in [1.82, 2.24) is 15.0 Å². The van der Waals surface area contributed by atoms with Crippen LogP contribution in [0.3, 0.4) is 0 Å². The minimum absolute atomic E-state index is 0.646. The normalized spacial score (nSPS) is 10.4. The van der Waals surface area contributed by atoms with E-state index in [-0.39, 0.29) is 0 Å². The minimum atomic E-state index is 0.646. The average molecular weight is 263 g/mol. The molecule has 0 saturated heterocycles. The quantitative estimate of drug-likeness (QED) is 0.680. The van der Waals surface area contributed by atoms with Crippen LogP contribution >= 0.6 is 0 Å². The van der Waals surface area contributed by atoms with Crippen molar-refractivity contribution in [2.24, 2.45) is 0 Å². The maximum atomic E-state index is 10.6. The van der Waals surface area contributed by atoms with Crippen LogP contribution in [0.1, 0.15) is 15.9 Å². The third-order valence-corrected chi connectivity index (χ3v) is 3.05. The Morgan fingerprint density at radius 3 is 2.45 bits per heavy atom. The molecule has 4 nitrogen and oxygen atoms in total. The van der Waals surface area contributed by atoms with Crippen molar-refractivity contribution in [3.8, 4) is 11.3 Å². The van der Waals surface area contributed by atoms with E-state index >= 15 is 0 Å². The van der Waals surface area contributed by atoms with Gasteiger partial charge in [-0.05, 0) is 5.56 Å². The van der Waals surface area contributed by atoms with E-state index in [1.807, 2.05) is 42.5 Å². The largest absolute Gasteiger partial charge is 0.298 e. The molecule has 1 aromatic heterocycles. The Bertz CT molecular complexity index is 702. The Morgan fingerprint density at radius 2 is 1.75 bits per heavy atom. The van der Waals surface area contributed by atoms with Gasteiger partial charge in [-0.25, -0.2) is 0 Å². The number of aldehydes is 1. The predicted molar refractivity (Wildman–Crippen MR) is 76.4 cm³/mol. The molecule has 2 aromatic carbocycles. The van der Waals surface area contributed by atoms with Gasteiger partial charge in [0.05, 0.1) is 12.7 Å². The van der Waals surface area contributed by atoms with Crippen LogP contribution < -0.4 is 0 Å². The molecule has 0 atom stereocenters. The summed E-state index contributed by atoms with van der Waals surface area (Å²) in [5.41, 5.74) is 3.57. The molecule has 3 rings (SSSR count). The maximum Gasteiger partial charge on any atom is 0.150 e. The van der Waals surface area contributed by atoms with E-state index in [9.17, 15) is 4.79 Å². The molecule has 0 saturated carbocycles. The molecule has 98 valence electrons. The second kappa shape index (κ2) is 5.48. The average Bonchev–Trinajstić information content (AvgIpc) is 2.97. The smallest absolute Gasteiger partial charge is 0.150 e. The first-order chi connectivity index (χ1) is 9.85. The standard InChI is InChI=1S/C16H13N3O/c20-12-14-6-8-15(9-7-14)16-10-17-19(18-16)11-13-4-2-1-3-5-13/h1-10,12H,11H2. The van der Waals surface area contributed by atoms with E-state index in [0.29, 0.717) is 12.1 Å². The van der Waals surface area contributed by atoms with Gasteiger partial charge in [-0.15, -0.1) is 0 Å². The first kappa shape index (κ1) is 12.3. The number of carbonyl (C=O) groups is 1. The molecule has 0 radical (unpaired) electrons. The Kier molecular flexibility index (Phi) is 3.37. The summed E-state index contributed by atoms with van der Waals surface area (Å²) in [6, 6.07) is 17.4. The van der Waals surface area contributed by atoms with Gasteiger partial charge in [0, 0.05) is 11.1 Å². The van der Waals surface area contributed by atoms with Crippen LogP contribution in [-0.4, -0.2) is 21.3 Å². The van der Waals surface area contributed by atoms with Crippen molar-refractivity contribution >= 4 is 6.29 Å². The van der Waals surface area contributed by atoms with Crippen molar-refractivity contribution in [3.63, 3.8) is 0 Å². The van der Waals surface area contributed by atoms with Gasteiger partial charge < -0.3 is 0 Å². The number of rotatable bonds is 4. The molecule has 0 amide bonds. The van der Waals surface area contributed by atoms with Crippen molar-refractivity contribution < 1.29 is 4.79 Å². The van der Waals surface area contributed by atoms with Crippen LogP contribution in [0.25, 0.3) is 11.3 Å². The molecule has 3 aromatic rings. The minimum Gasteiger partial charge on any atom is -0.298 e. The first-order valence-electron chi connectivity index (χ1n) is 6.35. The number of hydrogen-bond donors (Lipinski definition) is 0. The molecule has 0 aliphatic carbocycles. The van der Waals surface area contributed by atoms with E-state index in [1.165, 1.54) is 0 Å². The Morgan fingerprint density at radius 1 is 1.00 bits per heavy atom. The SMILES string of the molecule is O=Cc1ccc(-c2cnn(Cc3ccccc3)n2)cc1. The van der Waals surface area contributed by atoms with Crippen molar-refractivity contribution in [3.05, 3.63) is 71.9 Å². The van der Waals surface area contributed by atoms with Gasteiger partial charge in [0.1, 0.15) is 12.0 Å². The summed E-state index contributed by atoms with van der Waals surface area (Å²) in [6.45, 7) is 0.646. The number of nitrogens with zero attached hydrogens (tertiary/aromatic N) is 3. The zero-order valence-electron chi connectivity index (χ0n) is 10.8. The molecule has 20 heavy (non-hydrogen) atoms. The van der Waals surface area contributed by atoms with Gasteiger partial charge in [-0.2, -0.15) is 15.0 Å². The van der Waals surface area contributed by atoms with Crippen LogP contribution in [0.5, 0.6) is 0 Å². The van der Waals surface area contributed by atoms with Gasteiger partial charge in [-0.3, -0.25) is 4.79 Å². The summed E-state index contributed by atoms with van der Waals surface area (Å²) >= 11 is 0. The van der Waals surface area contributed by atoms with Gasteiger partial charge >= 0.3 is 0 Å². The first-order valence-corrected chi connectivity index (χ1v) is 6.35. The number of aromatic nitrogens is 3. The van der Waals surface area contributed by atoms with E-state index in [4.69, 9.17) is 0 Å². The molecule has 0 aliphatic heterocycles. The van der Waals surface area contributed by atoms with Gasteiger partial charge in [0.2, 0.25) is 0 Å². The van der Waals surface area contributed by atoms with Crippen molar-refractivity contribution in [2.45, 2.75) is 6.54 Å². The topological polar surface area (TPSA) is 47.8 Å². The maximum absolute atomic E-state index is 10.6. The summed E-state index contributed by atoms with van der Waals surface area (Å²) in [4.78, 5) is 12.3. The van der Waals surface area contributed by atoms with Crippen LogP contribution in [0.4, 0.5) is 0 Å². The highest BCUT2D eigenvalue weighted by Gasteiger charge is 2.04. The number of carbonyl (C=O) groups excluding carboxylic acids is 1. The molecule has 0 spiro atoms. The fourth-order valence-corrected chi connectivity index (χ4v) is 1.98. The third kappa shape index (κ3) is 2.64. The Balaban J connectivity index is 1.80. The van der Waals surface area contributed by atoms with Crippen LogP contribution in [0.2, 0.25) is 0 Å². The van der Waals surface area contributed by atoms with Gasteiger partial charge in [0.25, 0.3) is 0 Å². The number of hydrogen-bond acceptors (Lipinski definition) is 3. The molecular weight excluding hydrogens is 250 g/mol. The molecule has 0 fully saturated rings. The summed E-state index contributed by atoms with van der Waals surface area (Å²) in [7, 11) is 0. The van der Waals surface area contributed by atoms with E-state index in [2.05, 4.69) is 10.2 Å². The Labute approximate surface area is 116 Å². The molecule has 0 bridgehead atoms. The predicted octanol–water partition coefficient (Wildman–Crippen LogP) is 2.81. The van der Waals surface area contributed by atoms with Gasteiger partial charge in [-0.1, -0.05) is 54.6 Å². The molecule has 0 unspecified atom stereocenters. The van der Waals surface area contributed by atoms with E-state index in [0.717, 1.165) is 23.1 Å². The Hall–Kier alpha value is -2.75. The summed E-state index contributed by atoms with van der Waals surface area (Å²) in [5.74, 6) is 0. The second-order valence-electron chi connectivity index (χ2n) is 4.49. The highest BCUT2D eigenvalue weighted by molar-refractivity contribution is 5.76. The molecule has 1 heterocycles. The lowest BCUT2D eigenvalue weighted by molar-refractivity contribution is 0.112. The van der Waals surface area contributed by atoms with Crippen LogP contribution in [-0.2, 0) is 6.54 Å². The fraction of sp³-hybridized carbons (Fsp3) is 0.0625. The second-order valence-corrected chi connectivity index (χ2v) is 4.49. The van der Waals surface area contributed by atoms with Gasteiger partial charge in [0.15, 0.2) is 0 Å². The monoisotopic (exact) mass is 263 g/mol. The summed E-state index contributed by atoms with van der Waals surface area (Å²) in [6.07, 6.45) is 2.56. The third-order valence-electron chi connectivity index (χ3n) is 3.05. The van der Waals surface area contributed by atoms with Crippen molar-refractivity contribution in [1.29, 1.82) is 0 Å². The summed E-state index contributed by atoms with van der Waals surface area (Å²) in [5, 5.41) is 8.71. The lowest BCUT2D eigenvalue weighted by Gasteiger charge is -1.99. The lowest BCUT2D eigenvalue weighted by Crippen LogP contribution is -2.03.